The maximum absolute atomic E-state index is 10.5. The van der Waals surface area contributed by atoms with Gasteiger partial charge in [-0.1, -0.05) is 39.0 Å². The molecule has 0 aromatic heterocycles. The first-order valence-electron chi connectivity index (χ1n) is 7.00. The highest BCUT2D eigenvalue weighted by atomic mass is 16.5. The van der Waals surface area contributed by atoms with Crippen LogP contribution in [0.25, 0.3) is 0 Å². The number of aliphatic hydroxyl groups is 1. The van der Waals surface area contributed by atoms with E-state index in [0.29, 0.717) is 13.2 Å². The lowest BCUT2D eigenvalue weighted by Gasteiger charge is -2.50. The second-order valence-corrected chi connectivity index (χ2v) is 7.41. The normalized spacial score (nSPS) is 19.1. The zero-order valence-corrected chi connectivity index (χ0v) is 13.0. The van der Waals surface area contributed by atoms with E-state index in [1.807, 2.05) is 13.8 Å². The van der Waals surface area contributed by atoms with Gasteiger partial charge in [-0.2, -0.15) is 0 Å². The summed E-state index contributed by atoms with van der Waals surface area (Å²) in [5, 5.41) is 10.5. The quantitative estimate of drug-likeness (QED) is 0.886. The van der Waals surface area contributed by atoms with Gasteiger partial charge in [-0.25, -0.2) is 0 Å². The van der Waals surface area contributed by atoms with Crippen LogP contribution in [0.5, 0.6) is 0 Å². The highest BCUT2D eigenvalue weighted by molar-refractivity contribution is 5.42. The Morgan fingerprint density at radius 3 is 2.00 bits per heavy atom. The van der Waals surface area contributed by atoms with E-state index in [0.717, 1.165) is 0 Å². The fourth-order valence-corrected chi connectivity index (χ4v) is 2.81. The van der Waals surface area contributed by atoms with Crippen molar-refractivity contribution < 1.29 is 9.84 Å². The average Bonchev–Trinajstić information content (AvgIpc) is 2.14. The molecule has 2 nitrogen and oxygen atoms in total. The van der Waals surface area contributed by atoms with Gasteiger partial charge in [-0.05, 0) is 42.9 Å². The van der Waals surface area contributed by atoms with Crippen LogP contribution in [-0.2, 0) is 15.6 Å². The zero-order chi connectivity index (χ0) is 14.5. The zero-order valence-electron chi connectivity index (χ0n) is 13.0. The lowest BCUT2D eigenvalue weighted by atomic mass is 9.65. The molecule has 0 atom stereocenters. The molecule has 1 aliphatic rings. The average molecular weight is 262 g/mol. The summed E-state index contributed by atoms with van der Waals surface area (Å²) in [5.41, 5.74) is 2.94. The molecule has 2 rings (SSSR count). The number of ether oxygens (including phenoxy) is 1. The van der Waals surface area contributed by atoms with Crippen molar-refractivity contribution in [2.75, 3.05) is 13.2 Å². The monoisotopic (exact) mass is 262 g/mol. The summed E-state index contributed by atoms with van der Waals surface area (Å²) in [7, 11) is 0. The molecular weight excluding hydrogens is 236 g/mol. The molecule has 2 heteroatoms. The molecule has 1 aromatic carbocycles. The molecule has 1 N–H and O–H groups in total. The van der Waals surface area contributed by atoms with Crippen molar-refractivity contribution in [2.45, 2.75) is 58.0 Å². The summed E-state index contributed by atoms with van der Waals surface area (Å²) >= 11 is 0. The van der Waals surface area contributed by atoms with E-state index in [1.54, 1.807) is 0 Å². The Labute approximate surface area is 116 Å². The summed E-state index contributed by atoms with van der Waals surface area (Å²) in [6, 6.07) is 6.62. The molecule has 0 radical (unpaired) electrons. The van der Waals surface area contributed by atoms with Crippen LogP contribution >= 0.6 is 0 Å². The molecule has 1 saturated heterocycles. The topological polar surface area (TPSA) is 29.5 Å². The first-order valence-corrected chi connectivity index (χ1v) is 7.00. The van der Waals surface area contributed by atoms with E-state index in [-0.39, 0.29) is 10.8 Å². The van der Waals surface area contributed by atoms with E-state index in [4.69, 9.17) is 4.74 Å². The Morgan fingerprint density at radius 2 is 1.68 bits per heavy atom. The molecule has 0 aliphatic carbocycles. The summed E-state index contributed by atoms with van der Waals surface area (Å²) < 4.78 is 5.41. The van der Waals surface area contributed by atoms with Gasteiger partial charge in [0, 0.05) is 0 Å². The second kappa shape index (κ2) is 4.32. The Balaban J connectivity index is 2.47. The Morgan fingerprint density at radius 1 is 1.11 bits per heavy atom. The molecule has 0 unspecified atom stereocenters. The molecule has 1 aliphatic heterocycles. The first kappa shape index (κ1) is 14.5. The van der Waals surface area contributed by atoms with Crippen molar-refractivity contribution in [2.24, 2.45) is 0 Å². The van der Waals surface area contributed by atoms with Gasteiger partial charge in [0.15, 0.2) is 0 Å². The number of hydrogen-bond acceptors (Lipinski definition) is 2. The Hall–Kier alpha value is -0.860. The fourth-order valence-electron chi connectivity index (χ4n) is 2.81. The van der Waals surface area contributed by atoms with Crippen molar-refractivity contribution in [1.29, 1.82) is 0 Å². The molecule has 0 bridgehead atoms. The van der Waals surface area contributed by atoms with Gasteiger partial charge in [0.2, 0.25) is 0 Å². The maximum Gasteiger partial charge on any atom is 0.0732 e. The SMILES string of the molecule is Cc1cc(C(C)(C)C)ccc1C1(C(C)(C)O)COC1. The first-order chi connectivity index (χ1) is 8.58. The largest absolute Gasteiger partial charge is 0.389 e. The fraction of sp³-hybridized carbons (Fsp3) is 0.647. The summed E-state index contributed by atoms with van der Waals surface area (Å²) in [6.07, 6.45) is 0. The van der Waals surface area contributed by atoms with Gasteiger partial charge < -0.3 is 9.84 Å². The van der Waals surface area contributed by atoms with Crippen molar-refractivity contribution in [3.8, 4) is 0 Å². The van der Waals surface area contributed by atoms with Crippen LogP contribution in [0.1, 0.15) is 51.3 Å². The lowest BCUT2D eigenvalue weighted by Crippen LogP contribution is -2.60. The lowest BCUT2D eigenvalue weighted by molar-refractivity contribution is -0.157. The number of benzene rings is 1. The Kier molecular flexibility index (Phi) is 3.31. The van der Waals surface area contributed by atoms with Crippen molar-refractivity contribution in [1.82, 2.24) is 0 Å². The third-order valence-electron chi connectivity index (χ3n) is 4.48. The summed E-state index contributed by atoms with van der Waals surface area (Å²) in [4.78, 5) is 0. The predicted octanol–water partition coefficient (Wildman–Crippen LogP) is 3.33. The van der Waals surface area contributed by atoms with Crippen molar-refractivity contribution in [3.05, 3.63) is 34.9 Å². The summed E-state index contributed by atoms with van der Waals surface area (Å²) in [5.74, 6) is 0. The molecule has 1 heterocycles. The minimum atomic E-state index is -0.765. The van der Waals surface area contributed by atoms with Crippen LogP contribution in [0, 0.1) is 6.92 Å². The van der Waals surface area contributed by atoms with Gasteiger partial charge >= 0.3 is 0 Å². The third kappa shape index (κ3) is 2.32. The van der Waals surface area contributed by atoms with E-state index in [2.05, 4.69) is 45.9 Å². The predicted molar refractivity (Wildman–Crippen MR) is 78.7 cm³/mol. The standard InChI is InChI=1S/C17H26O2/c1-12-9-13(15(2,3)4)7-8-14(12)17(10-19-11-17)16(5,6)18/h7-9,18H,10-11H2,1-6H3. The molecule has 0 spiro atoms. The summed E-state index contributed by atoms with van der Waals surface area (Å²) in [6.45, 7) is 13.8. The number of hydrogen-bond donors (Lipinski definition) is 1. The van der Waals surface area contributed by atoms with Crippen LogP contribution in [0.15, 0.2) is 18.2 Å². The number of aryl methyl sites for hydroxylation is 1. The van der Waals surface area contributed by atoms with Crippen LogP contribution in [0.3, 0.4) is 0 Å². The molecule has 19 heavy (non-hydrogen) atoms. The highest BCUT2D eigenvalue weighted by Gasteiger charge is 2.52. The number of rotatable bonds is 2. The van der Waals surface area contributed by atoms with Crippen LogP contribution in [0.4, 0.5) is 0 Å². The van der Waals surface area contributed by atoms with Crippen molar-refractivity contribution >= 4 is 0 Å². The minimum absolute atomic E-state index is 0.154. The van der Waals surface area contributed by atoms with Crippen LogP contribution in [-0.4, -0.2) is 23.9 Å². The third-order valence-corrected chi connectivity index (χ3v) is 4.48. The van der Waals surface area contributed by atoms with Crippen LogP contribution < -0.4 is 0 Å². The maximum atomic E-state index is 10.5. The van der Waals surface area contributed by atoms with Gasteiger partial charge in [-0.3, -0.25) is 0 Å². The van der Waals surface area contributed by atoms with Gasteiger partial charge in [-0.15, -0.1) is 0 Å². The molecule has 1 fully saturated rings. The Bertz CT molecular complexity index is 471. The van der Waals surface area contributed by atoms with Crippen LogP contribution in [0.2, 0.25) is 0 Å². The van der Waals surface area contributed by atoms with Gasteiger partial charge in [0.05, 0.1) is 24.2 Å². The van der Waals surface area contributed by atoms with E-state index in [1.165, 1.54) is 16.7 Å². The van der Waals surface area contributed by atoms with E-state index < -0.39 is 5.60 Å². The van der Waals surface area contributed by atoms with Gasteiger partial charge in [0.25, 0.3) is 0 Å². The highest BCUT2D eigenvalue weighted by Crippen LogP contribution is 2.43. The molecule has 0 amide bonds. The smallest absolute Gasteiger partial charge is 0.0732 e. The second-order valence-electron chi connectivity index (χ2n) is 7.41. The van der Waals surface area contributed by atoms with E-state index >= 15 is 0 Å². The molecule has 1 aromatic rings. The molecule has 106 valence electrons. The minimum Gasteiger partial charge on any atom is -0.389 e. The molecule has 0 saturated carbocycles. The molecular formula is C17H26O2. The van der Waals surface area contributed by atoms with Gasteiger partial charge in [0.1, 0.15) is 0 Å². The van der Waals surface area contributed by atoms with E-state index in [9.17, 15) is 5.11 Å². The van der Waals surface area contributed by atoms with Crippen molar-refractivity contribution in [3.63, 3.8) is 0 Å².